The normalized spacial score (nSPS) is 16.6. The number of esters is 1. The van der Waals surface area contributed by atoms with Crippen molar-refractivity contribution in [2.45, 2.75) is 12.3 Å². The third kappa shape index (κ3) is 2.45. The van der Waals surface area contributed by atoms with Gasteiger partial charge in [0.05, 0.1) is 20.6 Å². The third-order valence-corrected chi connectivity index (χ3v) is 3.80. The predicted molar refractivity (Wildman–Crippen MR) is 79.7 cm³/mol. The van der Waals surface area contributed by atoms with Gasteiger partial charge in [-0.05, 0) is 23.8 Å². The largest absolute Gasteiger partial charge is 0.504 e. The quantitative estimate of drug-likeness (QED) is 0.697. The molecule has 0 saturated heterocycles. The Morgan fingerprint density at radius 1 is 1.14 bits per heavy atom. The van der Waals surface area contributed by atoms with E-state index < -0.39 is 0 Å². The van der Waals surface area contributed by atoms with Crippen LogP contribution in [-0.2, 0) is 4.79 Å². The maximum Gasteiger partial charge on any atom is 0.312 e. The van der Waals surface area contributed by atoms with Crippen molar-refractivity contribution in [2.24, 2.45) is 0 Å². The second kappa shape index (κ2) is 5.60. The molecule has 0 bridgehead atoms. The standard InChI is InChI=1S/C17H16O5/c1-20-11-4-5-12-13(9-17(19)22-15(12)8-11)10-3-6-14(18)16(7-10)21-2/h3-8,13,18H,9H2,1-2H3/t13-/m1/s1. The summed E-state index contributed by atoms with van der Waals surface area (Å²) in [6.07, 6.45) is 0.243. The summed E-state index contributed by atoms with van der Waals surface area (Å²) >= 11 is 0. The van der Waals surface area contributed by atoms with E-state index in [-0.39, 0.29) is 24.1 Å². The fourth-order valence-electron chi connectivity index (χ4n) is 2.67. The average molecular weight is 300 g/mol. The maximum absolute atomic E-state index is 11.9. The minimum Gasteiger partial charge on any atom is -0.504 e. The van der Waals surface area contributed by atoms with Crippen molar-refractivity contribution in [2.75, 3.05) is 14.2 Å². The first-order valence-electron chi connectivity index (χ1n) is 6.88. The van der Waals surface area contributed by atoms with Crippen molar-refractivity contribution >= 4 is 5.97 Å². The Balaban J connectivity index is 2.07. The molecular formula is C17H16O5. The number of aromatic hydroxyl groups is 1. The number of phenolic OH excluding ortho intramolecular Hbond substituents is 1. The minimum atomic E-state index is -0.294. The lowest BCUT2D eigenvalue weighted by Crippen LogP contribution is -2.21. The van der Waals surface area contributed by atoms with E-state index in [4.69, 9.17) is 14.2 Å². The van der Waals surface area contributed by atoms with Crippen LogP contribution < -0.4 is 14.2 Å². The van der Waals surface area contributed by atoms with Crippen molar-refractivity contribution in [3.63, 3.8) is 0 Å². The Labute approximate surface area is 128 Å². The maximum atomic E-state index is 11.9. The van der Waals surface area contributed by atoms with Gasteiger partial charge < -0.3 is 19.3 Å². The highest BCUT2D eigenvalue weighted by Gasteiger charge is 2.29. The van der Waals surface area contributed by atoms with Crippen LogP contribution >= 0.6 is 0 Å². The van der Waals surface area contributed by atoms with E-state index in [0.717, 1.165) is 11.1 Å². The van der Waals surface area contributed by atoms with Crippen LogP contribution in [0, 0.1) is 0 Å². The zero-order valence-corrected chi connectivity index (χ0v) is 12.3. The molecule has 5 heteroatoms. The molecule has 0 radical (unpaired) electrons. The summed E-state index contributed by atoms with van der Waals surface area (Å²) in [7, 11) is 3.06. The summed E-state index contributed by atoms with van der Waals surface area (Å²) in [6.45, 7) is 0. The fraction of sp³-hybridized carbons (Fsp3) is 0.235. The molecule has 1 N–H and O–H groups in total. The van der Waals surface area contributed by atoms with E-state index in [2.05, 4.69) is 0 Å². The Morgan fingerprint density at radius 3 is 2.68 bits per heavy atom. The Bertz CT molecular complexity index is 723. The highest BCUT2D eigenvalue weighted by molar-refractivity contribution is 5.78. The highest BCUT2D eigenvalue weighted by Crippen LogP contribution is 2.42. The number of carbonyl (C=O) groups is 1. The Kier molecular flexibility index (Phi) is 3.63. The molecule has 1 heterocycles. The van der Waals surface area contributed by atoms with E-state index in [1.54, 1.807) is 31.4 Å². The van der Waals surface area contributed by atoms with E-state index in [1.807, 2.05) is 12.1 Å². The Hall–Kier alpha value is -2.69. The third-order valence-electron chi connectivity index (χ3n) is 3.80. The van der Waals surface area contributed by atoms with Gasteiger partial charge in [-0.3, -0.25) is 4.79 Å². The fourth-order valence-corrected chi connectivity index (χ4v) is 2.67. The van der Waals surface area contributed by atoms with Gasteiger partial charge in [0.2, 0.25) is 0 Å². The van der Waals surface area contributed by atoms with E-state index in [0.29, 0.717) is 17.2 Å². The van der Waals surface area contributed by atoms with E-state index in [9.17, 15) is 9.90 Å². The molecule has 2 aromatic rings. The van der Waals surface area contributed by atoms with Gasteiger partial charge in [-0.15, -0.1) is 0 Å². The molecule has 0 aromatic heterocycles. The van der Waals surface area contributed by atoms with Crippen LogP contribution in [0.2, 0.25) is 0 Å². The summed E-state index contributed by atoms with van der Waals surface area (Å²) in [4.78, 5) is 11.9. The number of benzene rings is 2. The number of ether oxygens (including phenoxy) is 3. The molecule has 5 nitrogen and oxygen atoms in total. The molecule has 0 saturated carbocycles. The van der Waals surface area contributed by atoms with Crippen LogP contribution in [0.4, 0.5) is 0 Å². The first kappa shape index (κ1) is 14.3. The minimum absolute atomic E-state index is 0.0691. The van der Waals surface area contributed by atoms with Crippen molar-refractivity contribution in [3.8, 4) is 23.0 Å². The number of methoxy groups -OCH3 is 2. The molecule has 22 heavy (non-hydrogen) atoms. The zero-order valence-electron chi connectivity index (χ0n) is 12.3. The van der Waals surface area contributed by atoms with Gasteiger partial charge >= 0.3 is 5.97 Å². The van der Waals surface area contributed by atoms with Gasteiger partial charge in [0.15, 0.2) is 11.5 Å². The second-order valence-electron chi connectivity index (χ2n) is 5.07. The first-order valence-corrected chi connectivity index (χ1v) is 6.88. The number of phenols is 1. The molecule has 0 spiro atoms. The number of hydrogen-bond donors (Lipinski definition) is 1. The van der Waals surface area contributed by atoms with Gasteiger partial charge in [-0.25, -0.2) is 0 Å². The smallest absolute Gasteiger partial charge is 0.312 e. The van der Waals surface area contributed by atoms with Crippen LogP contribution in [0.25, 0.3) is 0 Å². The molecule has 0 amide bonds. The SMILES string of the molecule is COc1ccc2c(c1)OC(=O)C[C@@H]2c1ccc(O)c(OC)c1. The number of fused-ring (bicyclic) bond motifs is 1. The average Bonchev–Trinajstić information content (AvgIpc) is 2.53. The van der Waals surface area contributed by atoms with E-state index in [1.165, 1.54) is 7.11 Å². The second-order valence-corrected chi connectivity index (χ2v) is 5.07. The monoisotopic (exact) mass is 300 g/mol. The van der Waals surface area contributed by atoms with E-state index >= 15 is 0 Å². The van der Waals surface area contributed by atoms with Crippen LogP contribution in [0.3, 0.4) is 0 Å². The molecule has 3 rings (SSSR count). The van der Waals surface area contributed by atoms with Crippen molar-refractivity contribution < 1.29 is 24.1 Å². The lowest BCUT2D eigenvalue weighted by molar-refractivity contribution is -0.135. The number of hydrogen-bond acceptors (Lipinski definition) is 5. The summed E-state index contributed by atoms with van der Waals surface area (Å²) < 4.78 is 15.6. The number of carbonyl (C=O) groups excluding carboxylic acids is 1. The van der Waals surface area contributed by atoms with Gasteiger partial charge in [0.1, 0.15) is 11.5 Å². The Morgan fingerprint density at radius 2 is 1.95 bits per heavy atom. The van der Waals surface area contributed by atoms with Crippen LogP contribution in [0.15, 0.2) is 36.4 Å². The molecule has 0 unspecified atom stereocenters. The highest BCUT2D eigenvalue weighted by atomic mass is 16.5. The molecule has 0 aliphatic carbocycles. The first-order chi connectivity index (χ1) is 10.6. The summed E-state index contributed by atoms with van der Waals surface area (Å²) in [6, 6.07) is 10.5. The summed E-state index contributed by atoms with van der Waals surface area (Å²) in [5.74, 6) is 1.16. The summed E-state index contributed by atoms with van der Waals surface area (Å²) in [5.41, 5.74) is 1.80. The summed E-state index contributed by atoms with van der Waals surface area (Å²) in [5, 5.41) is 9.72. The van der Waals surface area contributed by atoms with Crippen LogP contribution in [0.5, 0.6) is 23.0 Å². The molecule has 1 aliphatic rings. The van der Waals surface area contributed by atoms with Crippen molar-refractivity contribution in [1.82, 2.24) is 0 Å². The topological polar surface area (TPSA) is 65.0 Å². The van der Waals surface area contributed by atoms with Gasteiger partial charge in [0, 0.05) is 17.5 Å². The molecule has 114 valence electrons. The van der Waals surface area contributed by atoms with Crippen molar-refractivity contribution in [1.29, 1.82) is 0 Å². The molecular weight excluding hydrogens is 284 g/mol. The molecule has 1 atom stereocenters. The molecule has 0 fully saturated rings. The van der Waals surface area contributed by atoms with Gasteiger partial charge in [0.25, 0.3) is 0 Å². The molecule has 1 aliphatic heterocycles. The van der Waals surface area contributed by atoms with Gasteiger partial charge in [-0.2, -0.15) is 0 Å². The van der Waals surface area contributed by atoms with Crippen LogP contribution in [0.1, 0.15) is 23.5 Å². The predicted octanol–water partition coefficient (Wildman–Crippen LogP) is 2.85. The van der Waals surface area contributed by atoms with Crippen LogP contribution in [-0.4, -0.2) is 25.3 Å². The lowest BCUT2D eigenvalue weighted by Gasteiger charge is -2.25. The molecule has 2 aromatic carbocycles. The zero-order chi connectivity index (χ0) is 15.7. The lowest BCUT2D eigenvalue weighted by atomic mass is 9.86. The van der Waals surface area contributed by atoms with Crippen molar-refractivity contribution in [3.05, 3.63) is 47.5 Å². The van der Waals surface area contributed by atoms with Gasteiger partial charge in [-0.1, -0.05) is 12.1 Å². The number of rotatable bonds is 3.